The molecular formula is C22H17N3OS3. The number of thiazole rings is 1. The van der Waals surface area contributed by atoms with Gasteiger partial charge in [-0.15, -0.1) is 11.3 Å². The van der Waals surface area contributed by atoms with E-state index in [9.17, 15) is 0 Å². The van der Waals surface area contributed by atoms with Crippen LogP contribution in [0.25, 0.3) is 21.3 Å². The lowest BCUT2D eigenvalue weighted by Crippen LogP contribution is -2.07. The zero-order valence-electron chi connectivity index (χ0n) is 15.4. The fourth-order valence-corrected chi connectivity index (χ4v) is 5.44. The van der Waals surface area contributed by atoms with Crippen LogP contribution in [0.2, 0.25) is 0 Å². The van der Waals surface area contributed by atoms with E-state index < -0.39 is 0 Å². The third kappa shape index (κ3) is 3.94. The molecule has 0 aliphatic rings. The monoisotopic (exact) mass is 435 g/mol. The van der Waals surface area contributed by atoms with Gasteiger partial charge in [-0.1, -0.05) is 54.2 Å². The van der Waals surface area contributed by atoms with Crippen molar-refractivity contribution in [3.63, 3.8) is 0 Å². The summed E-state index contributed by atoms with van der Waals surface area (Å²) in [5.41, 5.74) is 5.17. The standard InChI is InChI=1S/C22H17N3OS3/c27-22-25(18-8-4-5-9-19(18)26-22)14-23-16-10-11-17-20(12-16)29-21(24-17)28-13-15-6-2-1-3-7-15/h1-12,23H,13-14H2. The number of benzene rings is 3. The molecular weight excluding hydrogens is 418 g/mol. The minimum Gasteiger partial charge on any atom is -0.429 e. The van der Waals surface area contributed by atoms with Gasteiger partial charge < -0.3 is 9.73 Å². The topological polar surface area (TPSA) is 43.0 Å². The second-order valence-corrected chi connectivity index (χ2v) is 9.14. The van der Waals surface area contributed by atoms with Crippen LogP contribution in [0.1, 0.15) is 5.56 Å². The highest BCUT2D eigenvalue weighted by Gasteiger charge is 2.08. The maximum Gasteiger partial charge on any atom is 0.271 e. The van der Waals surface area contributed by atoms with E-state index >= 15 is 0 Å². The smallest absolute Gasteiger partial charge is 0.271 e. The number of rotatable bonds is 6. The Hall–Kier alpha value is -2.61. The second-order valence-electron chi connectivity index (χ2n) is 6.54. The Morgan fingerprint density at radius 2 is 1.86 bits per heavy atom. The largest absolute Gasteiger partial charge is 0.429 e. The molecule has 0 spiro atoms. The Bertz CT molecular complexity index is 1340. The van der Waals surface area contributed by atoms with Crippen LogP contribution >= 0.6 is 35.3 Å². The molecule has 0 bridgehead atoms. The molecule has 0 saturated carbocycles. The molecule has 7 heteroatoms. The molecule has 0 aliphatic heterocycles. The molecule has 1 N–H and O–H groups in total. The first kappa shape index (κ1) is 18.4. The van der Waals surface area contributed by atoms with Crippen LogP contribution in [0.5, 0.6) is 0 Å². The predicted octanol–water partition coefficient (Wildman–Crippen LogP) is 6.94. The lowest BCUT2D eigenvalue weighted by molar-refractivity contribution is 0.546. The van der Waals surface area contributed by atoms with Gasteiger partial charge in [-0.2, -0.15) is 0 Å². The lowest BCUT2D eigenvalue weighted by atomic mass is 10.2. The highest BCUT2D eigenvalue weighted by molar-refractivity contribution is 8.00. The number of nitrogens with zero attached hydrogens (tertiary/aromatic N) is 2. The average molecular weight is 436 g/mol. The predicted molar refractivity (Wildman–Crippen MR) is 124 cm³/mol. The highest BCUT2D eigenvalue weighted by Crippen LogP contribution is 2.33. The summed E-state index contributed by atoms with van der Waals surface area (Å²) < 4.78 is 9.87. The Morgan fingerprint density at radius 1 is 1.03 bits per heavy atom. The first-order valence-electron chi connectivity index (χ1n) is 9.16. The van der Waals surface area contributed by atoms with E-state index in [1.54, 1.807) is 23.1 Å². The normalized spacial score (nSPS) is 11.3. The number of oxazole rings is 1. The second kappa shape index (κ2) is 8.02. The van der Waals surface area contributed by atoms with Gasteiger partial charge in [-0.3, -0.25) is 4.57 Å². The van der Waals surface area contributed by atoms with E-state index in [1.165, 1.54) is 10.3 Å². The van der Waals surface area contributed by atoms with Crippen molar-refractivity contribution in [1.29, 1.82) is 0 Å². The van der Waals surface area contributed by atoms with Crippen molar-refractivity contribution >= 4 is 62.3 Å². The Labute approximate surface area is 181 Å². The average Bonchev–Trinajstić information content (AvgIpc) is 3.30. The third-order valence-corrected chi connectivity index (χ3v) is 7.12. The Morgan fingerprint density at radius 3 is 2.76 bits per heavy atom. The molecule has 5 aromatic rings. The van der Waals surface area contributed by atoms with Gasteiger partial charge in [0.15, 0.2) is 9.92 Å². The molecule has 0 aliphatic carbocycles. The summed E-state index contributed by atoms with van der Waals surface area (Å²) in [4.78, 5) is 5.22. The van der Waals surface area contributed by atoms with E-state index in [2.05, 4.69) is 47.8 Å². The van der Waals surface area contributed by atoms with Crippen molar-refractivity contribution in [3.05, 3.63) is 83.2 Å². The summed E-state index contributed by atoms with van der Waals surface area (Å²) in [6.07, 6.45) is 0. The van der Waals surface area contributed by atoms with Gasteiger partial charge in [0, 0.05) is 11.4 Å². The van der Waals surface area contributed by atoms with Crippen molar-refractivity contribution < 1.29 is 4.42 Å². The maximum absolute atomic E-state index is 5.65. The fourth-order valence-electron chi connectivity index (χ4n) is 3.13. The third-order valence-electron chi connectivity index (χ3n) is 4.59. The fraction of sp³-hybridized carbons (Fsp3) is 0.0909. The van der Waals surface area contributed by atoms with Crippen LogP contribution in [0.3, 0.4) is 0 Å². The van der Waals surface area contributed by atoms with E-state index in [-0.39, 0.29) is 0 Å². The molecule has 0 radical (unpaired) electrons. The summed E-state index contributed by atoms with van der Waals surface area (Å²) in [6.45, 7) is 0.551. The SMILES string of the molecule is S=c1oc2ccccc2n1CNc1ccc2nc(SCc3ccccc3)sc2c1. The van der Waals surface area contributed by atoms with Crippen LogP contribution < -0.4 is 5.32 Å². The Kier molecular flexibility index (Phi) is 5.10. The van der Waals surface area contributed by atoms with Crippen LogP contribution in [0.4, 0.5) is 5.69 Å². The van der Waals surface area contributed by atoms with Crippen molar-refractivity contribution in [2.24, 2.45) is 0 Å². The number of hydrogen-bond acceptors (Lipinski definition) is 6. The van der Waals surface area contributed by atoms with Gasteiger partial charge in [0.05, 0.1) is 22.4 Å². The van der Waals surface area contributed by atoms with E-state index in [0.717, 1.165) is 32.4 Å². The number of fused-ring (bicyclic) bond motifs is 2. The Balaban J connectivity index is 1.32. The lowest BCUT2D eigenvalue weighted by Gasteiger charge is -2.07. The minimum absolute atomic E-state index is 0.470. The summed E-state index contributed by atoms with van der Waals surface area (Å²) in [5, 5.41) is 3.45. The quantitative estimate of drug-likeness (QED) is 0.231. The van der Waals surface area contributed by atoms with Crippen LogP contribution in [0.15, 0.2) is 81.6 Å². The van der Waals surface area contributed by atoms with E-state index in [1.807, 2.05) is 34.9 Å². The molecule has 2 aromatic heterocycles. The number of aromatic nitrogens is 2. The molecule has 4 nitrogen and oxygen atoms in total. The zero-order valence-corrected chi connectivity index (χ0v) is 17.8. The van der Waals surface area contributed by atoms with E-state index in [4.69, 9.17) is 21.6 Å². The number of hydrogen-bond donors (Lipinski definition) is 1. The first-order chi connectivity index (χ1) is 14.3. The van der Waals surface area contributed by atoms with Crippen LogP contribution in [-0.2, 0) is 12.4 Å². The summed E-state index contributed by atoms with van der Waals surface area (Å²) in [7, 11) is 0. The van der Waals surface area contributed by atoms with Crippen LogP contribution in [-0.4, -0.2) is 9.55 Å². The van der Waals surface area contributed by atoms with Crippen molar-refractivity contribution in [2.75, 3.05) is 5.32 Å². The van der Waals surface area contributed by atoms with Crippen molar-refractivity contribution in [3.8, 4) is 0 Å². The van der Waals surface area contributed by atoms with Gasteiger partial charge in [0.25, 0.3) is 4.84 Å². The number of thioether (sulfide) groups is 1. The minimum atomic E-state index is 0.470. The van der Waals surface area contributed by atoms with Crippen molar-refractivity contribution in [2.45, 2.75) is 16.8 Å². The molecule has 0 saturated heterocycles. The summed E-state index contributed by atoms with van der Waals surface area (Å²) in [5.74, 6) is 0.928. The van der Waals surface area contributed by atoms with E-state index in [0.29, 0.717) is 11.5 Å². The first-order valence-corrected chi connectivity index (χ1v) is 11.4. The molecule has 2 heterocycles. The van der Waals surface area contributed by atoms with Gasteiger partial charge >= 0.3 is 0 Å². The number of nitrogens with one attached hydrogen (secondary N) is 1. The van der Waals surface area contributed by atoms with Gasteiger partial charge in [-0.25, -0.2) is 4.98 Å². The molecule has 3 aromatic carbocycles. The summed E-state index contributed by atoms with van der Waals surface area (Å²) >= 11 is 8.87. The highest BCUT2D eigenvalue weighted by atomic mass is 32.2. The van der Waals surface area contributed by atoms with Gasteiger partial charge in [-0.05, 0) is 48.1 Å². The van der Waals surface area contributed by atoms with Gasteiger partial charge in [0.2, 0.25) is 0 Å². The molecule has 29 heavy (non-hydrogen) atoms. The maximum atomic E-state index is 5.65. The van der Waals surface area contributed by atoms with Crippen LogP contribution in [0, 0.1) is 4.84 Å². The molecule has 5 rings (SSSR count). The molecule has 0 fully saturated rings. The zero-order chi connectivity index (χ0) is 19.6. The molecule has 0 amide bonds. The summed E-state index contributed by atoms with van der Waals surface area (Å²) in [6, 6.07) is 24.6. The molecule has 144 valence electrons. The number of para-hydroxylation sites is 2. The molecule has 0 atom stereocenters. The molecule has 0 unspecified atom stereocenters. The van der Waals surface area contributed by atoms with Gasteiger partial charge in [0.1, 0.15) is 0 Å². The number of anilines is 1. The van der Waals surface area contributed by atoms with Crippen molar-refractivity contribution in [1.82, 2.24) is 9.55 Å².